The van der Waals surface area contributed by atoms with Crippen LogP contribution in [0.2, 0.25) is 0 Å². The second-order valence-corrected chi connectivity index (χ2v) is 28.2. The van der Waals surface area contributed by atoms with Crippen molar-refractivity contribution in [2.75, 3.05) is 7.11 Å². The number of rotatable bonds is 14. The van der Waals surface area contributed by atoms with E-state index in [1.54, 1.807) is 40.7 Å². The number of esters is 2. The molecule has 26 nitrogen and oxygen atoms in total. The highest BCUT2D eigenvalue weighted by molar-refractivity contribution is 6.21. The van der Waals surface area contributed by atoms with Crippen LogP contribution < -0.4 is 5.32 Å². The molecule has 4 unspecified atom stereocenters. The van der Waals surface area contributed by atoms with Gasteiger partial charge in [-0.25, -0.2) is 9.59 Å². The van der Waals surface area contributed by atoms with Gasteiger partial charge < -0.3 is 87.3 Å². The van der Waals surface area contributed by atoms with E-state index in [1.165, 1.54) is 19.9 Å². The number of ether oxygens (including phenoxy) is 13. The number of amides is 1. The Hall–Kier alpha value is -5.07. The van der Waals surface area contributed by atoms with Crippen LogP contribution in [0, 0.1) is 51.0 Å². The van der Waals surface area contributed by atoms with Crippen molar-refractivity contribution < 1.29 is 111 Å². The number of nitrogens with one attached hydrogen (secondary N) is 1. The molecule has 6 fully saturated rings. The molecule has 26 heteroatoms. The maximum Gasteiger partial charge on any atom is 0.407 e. The maximum absolute atomic E-state index is 16.2. The number of allylic oxidation sites excluding steroid dienone is 2. The molecule has 5 saturated heterocycles. The van der Waals surface area contributed by atoms with Crippen LogP contribution in [0.25, 0.3) is 0 Å². The van der Waals surface area contributed by atoms with Crippen LogP contribution in [0.5, 0.6) is 0 Å². The number of nitrogens with zero attached hydrogens (tertiary/aromatic N) is 1. The van der Waals surface area contributed by atoms with Crippen molar-refractivity contribution >= 4 is 30.1 Å². The molecule has 0 aromatic carbocycles. The summed E-state index contributed by atoms with van der Waals surface area (Å²) in [5.41, 5.74) is -4.90. The van der Waals surface area contributed by atoms with Gasteiger partial charge in [-0.15, -0.1) is 0 Å². The highest BCUT2D eigenvalue weighted by atomic mass is 16.8. The molecular formula is C67H96N2O24. The Morgan fingerprint density at radius 2 is 1.35 bits per heavy atom. The molecule has 93 heavy (non-hydrogen) atoms. The van der Waals surface area contributed by atoms with Gasteiger partial charge in [-0.05, 0) is 109 Å². The lowest BCUT2D eigenvalue weighted by atomic mass is 9.48. The van der Waals surface area contributed by atoms with Crippen LogP contribution in [0.15, 0.2) is 58.4 Å². The summed E-state index contributed by atoms with van der Waals surface area (Å²) in [6, 6.07) is -1.12. The predicted molar refractivity (Wildman–Crippen MR) is 325 cm³/mol. The lowest BCUT2D eigenvalue weighted by molar-refractivity contribution is -0.584. The molecule has 1 amide bonds. The van der Waals surface area contributed by atoms with Crippen LogP contribution in [-0.2, 0) is 80.8 Å². The number of methoxy groups -OCH3 is 1. The smallest absolute Gasteiger partial charge is 0.407 e. The fraction of sp³-hybridized carbons (Fsp3) is 0.776. The summed E-state index contributed by atoms with van der Waals surface area (Å²) < 4.78 is 81.5. The zero-order valence-corrected chi connectivity index (χ0v) is 55.4. The molecule has 4 aliphatic carbocycles. The minimum atomic E-state index is -2.13. The molecule has 1 spiro atoms. The van der Waals surface area contributed by atoms with Crippen LogP contribution in [0.4, 0.5) is 4.79 Å². The first-order valence-corrected chi connectivity index (χ1v) is 33.1. The third kappa shape index (κ3) is 14.0. The standard InChI is InChI=1S/C67H96N2O24/c1-30-14-18-47(88-54-28-65(11,69(79)80)60(38(9)86-54)68-64(78)81-13)31(2)23-43-45(73)24-40(29-70)27-67(43)62(76)55(63(77)93-67)61(75)66(12)42(30)16-15-41-56(66)32(3)22-33(4)57(41)92-53-26-49(59(37(8)85-53)87-39(10)71)90-50-21-19-48(35(6)83-50)89-52-25-46(74)58(36(7)84-52)91-51-20-17-44(72)34(5)82-51/h14-16,23-24,29,32-38,41-54,56-60,72-74,76H,17-22,25-28H2,1-13H3,(H,68,78)/b30-14+,31-23+/t32-,33-,34-,35-,36-,37-,38+,41-,42+,43+,44?,45-,46+,47-,48?,49+,50-,51-,52-,53-,54-,56+,57-,58?,59-,60-,65-,66+,67?/m0/s1. The number of hydrogen-bond acceptors (Lipinski definition) is 24. The van der Waals surface area contributed by atoms with E-state index >= 15 is 4.79 Å². The molecule has 10 rings (SSSR count). The molecule has 29 atom stereocenters. The number of aliphatic hydroxyl groups is 4. The Labute approximate surface area is 542 Å². The van der Waals surface area contributed by atoms with Gasteiger partial charge in [-0.3, -0.25) is 24.5 Å². The van der Waals surface area contributed by atoms with E-state index < -0.39 is 203 Å². The number of carbonyl (C=O) groups is 5. The minimum absolute atomic E-state index is 0.0176. The SMILES string of the molecule is COC(=O)N[C@H]1[C@@H](C)O[C@@H](O[C@H]2C/C=C(\C)[C@H]3C=C[C@@H]4[C@@H](O[C@H]5C[C@@H](O[C@H]6CCC(O[C@H]7C[C@@H](O)C(O[C@H]8CCC(O)[C@H](C)O8)[C@H](C)O7)[C@H](C)O6)[C@@H](OC(C)=O)[C@H](C)O5)[C@@H](C)C[C@H](C)[C@H]4[C@]3(C)C(=O)C3=C(O)C4(CC(C=O)=C[C@H](O)[C@H]4/C=C/2C)OC3=O)C[C@]1(C)[N+](=O)[O-]. The summed E-state index contributed by atoms with van der Waals surface area (Å²) in [5.74, 6) is -6.55. The number of hydrogen-bond donors (Lipinski definition) is 5. The van der Waals surface area contributed by atoms with Crippen molar-refractivity contribution in [3.63, 3.8) is 0 Å². The molecule has 518 valence electrons. The Morgan fingerprint density at radius 3 is 2.01 bits per heavy atom. The van der Waals surface area contributed by atoms with Gasteiger partial charge >= 0.3 is 18.0 Å². The molecule has 0 aromatic rings. The van der Waals surface area contributed by atoms with E-state index in [0.29, 0.717) is 49.5 Å². The molecule has 0 aromatic heterocycles. The number of fused-ring (bicyclic) bond motifs is 3. The average Bonchev–Trinajstić information content (AvgIpc) is 1.68. The van der Waals surface area contributed by atoms with Crippen LogP contribution in [0.1, 0.15) is 147 Å². The van der Waals surface area contributed by atoms with Gasteiger partial charge in [0.1, 0.15) is 30.1 Å². The van der Waals surface area contributed by atoms with E-state index in [2.05, 4.69) is 19.2 Å². The Balaban J connectivity index is 0.902. The first kappa shape index (κ1) is 70.7. The van der Waals surface area contributed by atoms with Gasteiger partial charge in [0, 0.05) is 68.1 Å². The highest BCUT2D eigenvalue weighted by Crippen LogP contribution is 2.60. The molecule has 10 aliphatic rings. The normalized spacial score (nSPS) is 47.4. The van der Waals surface area contributed by atoms with Gasteiger partial charge in [-0.1, -0.05) is 50.6 Å². The monoisotopic (exact) mass is 1310 g/mol. The molecular weight excluding hydrogens is 1220 g/mol. The largest absolute Gasteiger partial charge is 0.507 e. The van der Waals surface area contributed by atoms with E-state index in [-0.39, 0.29) is 49.5 Å². The summed E-state index contributed by atoms with van der Waals surface area (Å²) in [5, 5.41) is 61.5. The lowest BCUT2D eigenvalue weighted by Crippen LogP contribution is -2.65. The summed E-state index contributed by atoms with van der Waals surface area (Å²) in [6.45, 7) is 21.0. The number of ketones is 1. The highest BCUT2D eigenvalue weighted by Gasteiger charge is 2.65. The van der Waals surface area contributed by atoms with Gasteiger partial charge in [0.15, 0.2) is 54.7 Å². The van der Waals surface area contributed by atoms with Gasteiger partial charge in [0.2, 0.25) is 5.54 Å². The summed E-state index contributed by atoms with van der Waals surface area (Å²) in [6.07, 6.45) is -4.20. The first-order valence-electron chi connectivity index (χ1n) is 33.1. The maximum atomic E-state index is 16.2. The zero-order valence-electron chi connectivity index (χ0n) is 55.4. The molecule has 6 aliphatic heterocycles. The summed E-state index contributed by atoms with van der Waals surface area (Å²) in [4.78, 5) is 81.1. The van der Waals surface area contributed by atoms with E-state index in [1.807, 2.05) is 39.0 Å². The van der Waals surface area contributed by atoms with Crippen molar-refractivity contribution in [3.8, 4) is 0 Å². The number of aliphatic hydroxyl groups excluding tert-OH is 4. The van der Waals surface area contributed by atoms with Crippen molar-refractivity contribution in [2.24, 2.45) is 40.9 Å². The Morgan fingerprint density at radius 1 is 0.720 bits per heavy atom. The Kier molecular flexibility index (Phi) is 21.4. The lowest BCUT2D eigenvalue weighted by Gasteiger charge is -2.56. The second-order valence-electron chi connectivity index (χ2n) is 28.2. The number of nitro groups is 1. The van der Waals surface area contributed by atoms with Crippen molar-refractivity contribution in [1.82, 2.24) is 5.32 Å². The third-order valence-corrected chi connectivity index (χ3v) is 21.7. The molecule has 6 heterocycles. The average molecular weight is 1310 g/mol. The Bertz CT molecular complexity index is 2960. The van der Waals surface area contributed by atoms with E-state index in [9.17, 15) is 49.7 Å². The molecule has 1 saturated carbocycles. The topological polar surface area (TPSA) is 341 Å². The third-order valence-electron chi connectivity index (χ3n) is 21.7. The number of Topliss-reactive ketones (excluding diaryl/α,β-unsaturated/α-hetero) is 1. The zero-order chi connectivity index (χ0) is 67.5. The number of aldehydes is 1. The summed E-state index contributed by atoms with van der Waals surface area (Å²) in [7, 11) is 1.15. The van der Waals surface area contributed by atoms with Crippen molar-refractivity contribution in [1.29, 1.82) is 0 Å². The molecule has 2 bridgehead atoms. The quantitative estimate of drug-likeness (QED) is 0.0240. The fourth-order valence-corrected chi connectivity index (χ4v) is 16.9. The fourth-order valence-electron chi connectivity index (χ4n) is 16.9. The van der Waals surface area contributed by atoms with Gasteiger partial charge in [0.25, 0.3) is 0 Å². The summed E-state index contributed by atoms with van der Waals surface area (Å²) >= 11 is 0. The van der Waals surface area contributed by atoms with Gasteiger partial charge in [-0.2, -0.15) is 0 Å². The minimum Gasteiger partial charge on any atom is -0.507 e. The van der Waals surface area contributed by atoms with Crippen molar-refractivity contribution in [3.05, 3.63) is 68.5 Å². The number of carbonyl (C=O) groups excluding carboxylic acids is 5. The second kappa shape index (κ2) is 28.2. The molecule has 0 radical (unpaired) electrons. The van der Waals surface area contributed by atoms with Crippen molar-refractivity contribution in [2.45, 2.75) is 281 Å². The van der Waals surface area contributed by atoms with Crippen LogP contribution in [0.3, 0.4) is 0 Å². The van der Waals surface area contributed by atoms with Crippen LogP contribution >= 0.6 is 0 Å². The van der Waals surface area contributed by atoms with E-state index in [4.69, 9.17) is 61.6 Å². The number of alkyl carbamates (subject to hydrolysis) is 1. The predicted octanol–water partition coefficient (Wildman–Crippen LogP) is 6.36. The van der Waals surface area contributed by atoms with E-state index in [0.717, 1.165) is 7.11 Å². The van der Waals surface area contributed by atoms with Crippen LogP contribution in [-0.4, -0.2) is 197 Å². The molecule has 5 N–H and O–H groups in total. The van der Waals surface area contributed by atoms with Gasteiger partial charge in [0.05, 0.1) is 86.6 Å². The first-order chi connectivity index (χ1) is 43.9.